The summed E-state index contributed by atoms with van der Waals surface area (Å²) in [6.07, 6.45) is 2.15. The van der Waals surface area contributed by atoms with Crippen LogP contribution in [0.25, 0.3) is 0 Å². The number of carbonyl (C=O) groups excluding carboxylic acids is 1. The van der Waals surface area contributed by atoms with Gasteiger partial charge in [-0.25, -0.2) is 0 Å². The molecule has 0 heterocycles. The van der Waals surface area contributed by atoms with E-state index in [9.17, 15) is 4.79 Å². The third kappa shape index (κ3) is 4.64. The van der Waals surface area contributed by atoms with Crippen molar-refractivity contribution in [1.29, 1.82) is 5.26 Å². The van der Waals surface area contributed by atoms with Gasteiger partial charge in [0.05, 0.1) is 11.6 Å². The lowest BCUT2D eigenvalue weighted by Gasteiger charge is -2.08. The normalized spacial score (nSPS) is 9.82. The van der Waals surface area contributed by atoms with Crippen LogP contribution in [0.4, 0.5) is 5.69 Å². The van der Waals surface area contributed by atoms with Gasteiger partial charge in [0.15, 0.2) is 6.61 Å². The van der Waals surface area contributed by atoms with Crippen molar-refractivity contribution in [3.8, 4) is 11.8 Å². The molecule has 0 aromatic heterocycles. The minimum Gasteiger partial charge on any atom is -0.484 e. The van der Waals surface area contributed by atoms with Crippen molar-refractivity contribution < 1.29 is 9.53 Å². The Morgan fingerprint density at radius 1 is 1.14 bits per heavy atom. The Morgan fingerprint density at radius 2 is 1.82 bits per heavy atom. The number of benzene rings is 2. The highest BCUT2D eigenvalue weighted by Crippen LogP contribution is 2.14. The van der Waals surface area contributed by atoms with Gasteiger partial charge in [-0.3, -0.25) is 4.79 Å². The topological polar surface area (TPSA) is 62.1 Å². The molecule has 0 fully saturated rings. The fourth-order valence-corrected chi connectivity index (χ4v) is 2.02. The third-order valence-electron chi connectivity index (χ3n) is 3.13. The molecular weight excluding hydrogens is 276 g/mol. The van der Waals surface area contributed by atoms with E-state index in [2.05, 4.69) is 12.2 Å². The molecule has 0 unspecified atom stereocenters. The zero-order valence-corrected chi connectivity index (χ0v) is 12.5. The van der Waals surface area contributed by atoms with Gasteiger partial charge in [0.1, 0.15) is 5.75 Å². The van der Waals surface area contributed by atoms with Crippen molar-refractivity contribution in [2.24, 2.45) is 0 Å². The molecule has 0 bridgehead atoms. The van der Waals surface area contributed by atoms with Gasteiger partial charge in [0.2, 0.25) is 0 Å². The average Bonchev–Trinajstić information content (AvgIpc) is 2.55. The predicted octanol–water partition coefficient (Wildman–Crippen LogP) is 3.53. The number of hydrogen-bond donors (Lipinski definition) is 1. The molecule has 0 saturated carbocycles. The molecule has 0 aliphatic heterocycles. The highest BCUT2D eigenvalue weighted by atomic mass is 16.5. The van der Waals surface area contributed by atoms with Gasteiger partial charge in [0.25, 0.3) is 5.91 Å². The first kappa shape index (κ1) is 15.6. The highest BCUT2D eigenvalue weighted by Gasteiger charge is 2.04. The fourth-order valence-electron chi connectivity index (χ4n) is 2.02. The van der Waals surface area contributed by atoms with Crippen LogP contribution in [0.1, 0.15) is 24.5 Å². The van der Waals surface area contributed by atoms with Crippen LogP contribution in [0.15, 0.2) is 48.5 Å². The number of nitrogens with one attached hydrogen (secondary N) is 1. The summed E-state index contributed by atoms with van der Waals surface area (Å²) in [7, 11) is 0. The lowest BCUT2D eigenvalue weighted by molar-refractivity contribution is -0.118. The first-order chi connectivity index (χ1) is 10.7. The maximum absolute atomic E-state index is 11.8. The molecule has 0 aliphatic carbocycles. The van der Waals surface area contributed by atoms with E-state index in [1.54, 1.807) is 24.3 Å². The number of nitrogens with zero attached hydrogens (tertiary/aromatic N) is 1. The molecule has 1 amide bonds. The van der Waals surface area contributed by atoms with Gasteiger partial charge in [-0.15, -0.1) is 0 Å². The Bertz CT molecular complexity index is 655. The molecule has 2 rings (SSSR count). The van der Waals surface area contributed by atoms with E-state index >= 15 is 0 Å². The zero-order chi connectivity index (χ0) is 15.8. The lowest BCUT2D eigenvalue weighted by atomic mass is 10.1. The molecule has 4 heteroatoms. The average molecular weight is 294 g/mol. The minimum atomic E-state index is -0.234. The molecule has 112 valence electrons. The SMILES string of the molecule is CCCc1ccc(OCC(=O)Nc2ccc(C#N)cc2)cc1. The van der Waals surface area contributed by atoms with Crippen LogP contribution in [0, 0.1) is 11.3 Å². The molecule has 0 spiro atoms. The molecule has 0 atom stereocenters. The molecule has 22 heavy (non-hydrogen) atoms. The number of aryl methyl sites for hydroxylation is 1. The van der Waals surface area contributed by atoms with E-state index in [4.69, 9.17) is 10.00 Å². The lowest BCUT2D eigenvalue weighted by Crippen LogP contribution is -2.20. The summed E-state index contributed by atoms with van der Waals surface area (Å²) in [6, 6.07) is 16.5. The van der Waals surface area contributed by atoms with Crippen molar-refractivity contribution >= 4 is 11.6 Å². The summed E-state index contributed by atoms with van der Waals surface area (Å²) in [5, 5.41) is 11.4. The number of ether oxygens (including phenoxy) is 1. The Hall–Kier alpha value is -2.80. The van der Waals surface area contributed by atoms with Gasteiger partial charge in [-0.1, -0.05) is 25.5 Å². The number of carbonyl (C=O) groups is 1. The summed E-state index contributed by atoms with van der Waals surface area (Å²) in [6.45, 7) is 2.09. The summed E-state index contributed by atoms with van der Waals surface area (Å²) in [5.74, 6) is 0.442. The largest absolute Gasteiger partial charge is 0.484 e. The second-order valence-electron chi connectivity index (χ2n) is 4.92. The van der Waals surface area contributed by atoms with Crippen LogP contribution < -0.4 is 10.1 Å². The summed E-state index contributed by atoms with van der Waals surface area (Å²) >= 11 is 0. The molecule has 2 aromatic carbocycles. The predicted molar refractivity (Wildman–Crippen MR) is 85.7 cm³/mol. The third-order valence-corrected chi connectivity index (χ3v) is 3.13. The first-order valence-electron chi connectivity index (χ1n) is 7.23. The standard InChI is InChI=1S/C18H18N2O2/c1-2-3-14-6-10-17(11-7-14)22-13-18(21)20-16-8-4-15(12-19)5-9-16/h4-11H,2-3,13H2,1H3,(H,20,21). The van der Waals surface area contributed by atoms with Gasteiger partial charge in [0, 0.05) is 5.69 Å². The first-order valence-corrected chi connectivity index (χ1v) is 7.23. The smallest absolute Gasteiger partial charge is 0.262 e. The molecule has 4 nitrogen and oxygen atoms in total. The Balaban J connectivity index is 1.83. The second kappa shape index (κ2) is 7.84. The Kier molecular flexibility index (Phi) is 5.56. The van der Waals surface area contributed by atoms with E-state index in [0.717, 1.165) is 12.8 Å². The number of amides is 1. The number of rotatable bonds is 6. The Morgan fingerprint density at radius 3 is 2.41 bits per heavy atom. The highest BCUT2D eigenvalue weighted by molar-refractivity contribution is 5.91. The number of nitriles is 1. The van der Waals surface area contributed by atoms with E-state index in [1.165, 1.54) is 5.56 Å². The van der Waals surface area contributed by atoms with Crippen LogP contribution in [0.3, 0.4) is 0 Å². The van der Waals surface area contributed by atoms with Gasteiger partial charge in [-0.2, -0.15) is 5.26 Å². The van der Waals surface area contributed by atoms with Gasteiger partial charge < -0.3 is 10.1 Å². The van der Waals surface area contributed by atoms with E-state index in [-0.39, 0.29) is 12.5 Å². The van der Waals surface area contributed by atoms with Crippen LogP contribution >= 0.6 is 0 Å². The molecule has 1 N–H and O–H groups in total. The van der Waals surface area contributed by atoms with E-state index in [0.29, 0.717) is 17.0 Å². The molecule has 2 aromatic rings. The molecule has 0 aliphatic rings. The zero-order valence-electron chi connectivity index (χ0n) is 12.5. The van der Waals surface area contributed by atoms with Crippen molar-refractivity contribution in [3.05, 3.63) is 59.7 Å². The van der Waals surface area contributed by atoms with Crippen LogP contribution in [0.2, 0.25) is 0 Å². The fraction of sp³-hybridized carbons (Fsp3) is 0.222. The van der Waals surface area contributed by atoms with Gasteiger partial charge >= 0.3 is 0 Å². The summed E-state index contributed by atoms with van der Waals surface area (Å²) < 4.78 is 5.45. The Labute approximate surface area is 130 Å². The quantitative estimate of drug-likeness (QED) is 0.886. The van der Waals surface area contributed by atoms with Crippen molar-refractivity contribution in [1.82, 2.24) is 0 Å². The van der Waals surface area contributed by atoms with E-state index < -0.39 is 0 Å². The number of hydrogen-bond acceptors (Lipinski definition) is 3. The maximum Gasteiger partial charge on any atom is 0.262 e. The second-order valence-corrected chi connectivity index (χ2v) is 4.92. The summed E-state index contributed by atoms with van der Waals surface area (Å²) in [5.41, 5.74) is 2.46. The van der Waals surface area contributed by atoms with E-state index in [1.807, 2.05) is 30.3 Å². The van der Waals surface area contributed by atoms with Crippen molar-refractivity contribution in [2.45, 2.75) is 19.8 Å². The minimum absolute atomic E-state index is 0.0485. The molecular formula is C18H18N2O2. The molecule has 0 radical (unpaired) electrons. The van der Waals surface area contributed by atoms with Crippen molar-refractivity contribution in [3.63, 3.8) is 0 Å². The van der Waals surface area contributed by atoms with Gasteiger partial charge in [-0.05, 0) is 48.4 Å². The number of anilines is 1. The van der Waals surface area contributed by atoms with Crippen LogP contribution in [0.5, 0.6) is 5.75 Å². The van der Waals surface area contributed by atoms with Crippen LogP contribution in [-0.4, -0.2) is 12.5 Å². The maximum atomic E-state index is 11.8. The monoisotopic (exact) mass is 294 g/mol. The molecule has 0 saturated heterocycles. The van der Waals surface area contributed by atoms with Crippen LogP contribution in [-0.2, 0) is 11.2 Å². The summed E-state index contributed by atoms with van der Waals surface area (Å²) in [4.78, 5) is 11.8. The van der Waals surface area contributed by atoms with Crippen molar-refractivity contribution in [2.75, 3.05) is 11.9 Å².